The topological polar surface area (TPSA) is 199 Å². The normalized spacial score (nSPS) is 18.1. The lowest BCUT2D eigenvalue weighted by Crippen LogP contribution is -2.57. The highest BCUT2D eigenvalue weighted by Gasteiger charge is 2.39. The number of nitrogens with one attached hydrogen (secondary N) is 2. The number of aliphatic carboxylic acids is 2. The van der Waals surface area contributed by atoms with Gasteiger partial charge in [-0.15, -0.1) is 0 Å². The molecule has 12 nitrogen and oxygen atoms in total. The molecule has 1 aromatic carbocycles. The van der Waals surface area contributed by atoms with E-state index in [0.29, 0.717) is 12.0 Å². The quantitative estimate of drug-likeness (QED) is 0.246. The van der Waals surface area contributed by atoms with Gasteiger partial charge in [-0.05, 0) is 37.5 Å². The standard InChI is InChI=1S/C21H28N4O8/c1-11(22)18(29)23-14(9-12-4-6-13(26)7-5-12)19(30)24-15(10-17(27)28)20(31)25-8-2-3-16(25)21(32)33/h4-7,11,14-16,26H,2-3,8-10,22H2,1H3,(H,23,29)(H,24,30)(H,27,28)(H,32,33). The Labute approximate surface area is 189 Å². The average molecular weight is 464 g/mol. The number of amides is 3. The molecule has 0 radical (unpaired) electrons. The molecular weight excluding hydrogens is 436 g/mol. The van der Waals surface area contributed by atoms with Crippen LogP contribution in [0.4, 0.5) is 0 Å². The van der Waals surface area contributed by atoms with Gasteiger partial charge in [-0.25, -0.2) is 4.79 Å². The number of hydrogen-bond donors (Lipinski definition) is 6. The summed E-state index contributed by atoms with van der Waals surface area (Å²) in [5, 5.41) is 32.8. The maximum atomic E-state index is 13.0. The summed E-state index contributed by atoms with van der Waals surface area (Å²) in [7, 11) is 0. The fourth-order valence-electron chi connectivity index (χ4n) is 3.51. The van der Waals surface area contributed by atoms with Crippen LogP contribution >= 0.6 is 0 Å². The summed E-state index contributed by atoms with van der Waals surface area (Å²) in [6.07, 6.45) is -0.131. The number of phenols is 1. The van der Waals surface area contributed by atoms with Crippen LogP contribution in [0.15, 0.2) is 24.3 Å². The highest BCUT2D eigenvalue weighted by atomic mass is 16.4. The van der Waals surface area contributed by atoms with Crippen molar-refractivity contribution in [2.45, 2.75) is 56.8 Å². The van der Waals surface area contributed by atoms with Crippen LogP contribution in [0.5, 0.6) is 5.75 Å². The summed E-state index contributed by atoms with van der Waals surface area (Å²) >= 11 is 0. The molecule has 0 bridgehead atoms. The van der Waals surface area contributed by atoms with E-state index >= 15 is 0 Å². The maximum absolute atomic E-state index is 13.0. The minimum Gasteiger partial charge on any atom is -0.508 e. The van der Waals surface area contributed by atoms with E-state index in [4.69, 9.17) is 5.73 Å². The van der Waals surface area contributed by atoms with Crippen LogP contribution in [0.25, 0.3) is 0 Å². The summed E-state index contributed by atoms with van der Waals surface area (Å²) in [4.78, 5) is 61.9. The maximum Gasteiger partial charge on any atom is 0.326 e. The molecule has 33 heavy (non-hydrogen) atoms. The molecule has 1 aliphatic heterocycles. The molecule has 3 amide bonds. The Bertz CT molecular complexity index is 902. The highest BCUT2D eigenvalue weighted by Crippen LogP contribution is 2.19. The van der Waals surface area contributed by atoms with E-state index in [2.05, 4.69) is 10.6 Å². The third-order valence-corrected chi connectivity index (χ3v) is 5.24. The Balaban J connectivity index is 2.24. The molecular formula is C21H28N4O8. The predicted molar refractivity (Wildman–Crippen MR) is 114 cm³/mol. The minimum absolute atomic E-state index is 0.00471. The van der Waals surface area contributed by atoms with Gasteiger partial charge in [-0.2, -0.15) is 0 Å². The van der Waals surface area contributed by atoms with Gasteiger partial charge in [0, 0.05) is 13.0 Å². The van der Waals surface area contributed by atoms with Gasteiger partial charge in [0.25, 0.3) is 0 Å². The first-order chi connectivity index (χ1) is 15.5. The predicted octanol–water partition coefficient (Wildman–Crippen LogP) is -1.20. The van der Waals surface area contributed by atoms with Crippen LogP contribution in [0.1, 0.15) is 31.7 Å². The number of nitrogens with two attached hydrogens (primary N) is 1. The van der Waals surface area contributed by atoms with Crippen molar-refractivity contribution in [3.8, 4) is 5.75 Å². The smallest absolute Gasteiger partial charge is 0.326 e. The van der Waals surface area contributed by atoms with Crippen LogP contribution in [-0.2, 0) is 30.4 Å². The summed E-state index contributed by atoms with van der Waals surface area (Å²) in [6.45, 7) is 1.54. The Morgan fingerprint density at radius 3 is 2.21 bits per heavy atom. The second kappa shape index (κ2) is 11.3. The van der Waals surface area contributed by atoms with Crippen molar-refractivity contribution in [3.05, 3.63) is 29.8 Å². The third-order valence-electron chi connectivity index (χ3n) is 5.24. The molecule has 0 saturated carbocycles. The number of carbonyl (C=O) groups is 5. The molecule has 7 N–H and O–H groups in total. The zero-order valence-electron chi connectivity index (χ0n) is 18.1. The summed E-state index contributed by atoms with van der Waals surface area (Å²) in [5.41, 5.74) is 6.14. The molecule has 12 heteroatoms. The average Bonchev–Trinajstić information content (AvgIpc) is 3.23. The van der Waals surface area contributed by atoms with E-state index < -0.39 is 60.2 Å². The molecule has 4 atom stereocenters. The van der Waals surface area contributed by atoms with Gasteiger partial charge in [-0.3, -0.25) is 19.2 Å². The number of hydrogen-bond acceptors (Lipinski definition) is 7. The van der Waals surface area contributed by atoms with Crippen molar-refractivity contribution in [2.24, 2.45) is 5.73 Å². The summed E-state index contributed by atoms with van der Waals surface area (Å²) < 4.78 is 0. The van der Waals surface area contributed by atoms with Crippen molar-refractivity contribution in [2.75, 3.05) is 6.54 Å². The number of carboxylic acid groups (broad SMARTS) is 2. The summed E-state index contributed by atoms with van der Waals surface area (Å²) in [6, 6.07) is 1.11. The van der Waals surface area contributed by atoms with Gasteiger partial charge in [0.1, 0.15) is 23.9 Å². The zero-order chi connectivity index (χ0) is 24.7. The molecule has 0 aromatic heterocycles. The minimum atomic E-state index is -1.52. The summed E-state index contributed by atoms with van der Waals surface area (Å²) in [5.74, 6) is -4.86. The zero-order valence-corrected chi connectivity index (χ0v) is 18.1. The van der Waals surface area contributed by atoms with Gasteiger partial charge in [-0.1, -0.05) is 12.1 Å². The van der Waals surface area contributed by atoms with E-state index in [9.17, 15) is 39.3 Å². The lowest BCUT2D eigenvalue weighted by molar-refractivity contribution is -0.150. The van der Waals surface area contributed by atoms with Crippen LogP contribution in [0.3, 0.4) is 0 Å². The van der Waals surface area contributed by atoms with Crippen molar-refractivity contribution in [1.82, 2.24) is 15.5 Å². The Kier molecular flexibility index (Phi) is 8.74. The van der Waals surface area contributed by atoms with Crippen molar-refractivity contribution in [1.29, 1.82) is 0 Å². The number of nitrogens with zero attached hydrogens (tertiary/aromatic N) is 1. The first kappa shape index (κ1) is 25.6. The second-order valence-electron chi connectivity index (χ2n) is 7.91. The molecule has 2 rings (SSSR count). The van der Waals surface area contributed by atoms with Gasteiger partial charge in [0.05, 0.1) is 12.5 Å². The van der Waals surface area contributed by atoms with E-state index in [1.54, 1.807) is 0 Å². The molecule has 1 aromatic rings. The number of likely N-dealkylation sites (tertiary alicyclic amines) is 1. The number of carbonyl (C=O) groups excluding carboxylic acids is 3. The van der Waals surface area contributed by atoms with Gasteiger partial charge < -0.3 is 36.6 Å². The van der Waals surface area contributed by atoms with Crippen LogP contribution in [0, 0.1) is 0 Å². The van der Waals surface area contributed by atoms with Gasteiger partial charge in [0.2, 0.25) is 17.7 Å². The van der Waals surface area contributed by atoms with E-state index in [0.717, 1.165) is 4.90 Å². The molecule has 0 spiro atoms. The lowest BCUT2D eigenvalue weighted by atomic mass is 10.0. The molecule has 0 aliphatic carbocycles. The largest absolute Gasteiger partial charge is 0.508 e. The van der Waals surface area contributed by atoms with Gasteiger partial charge in [0.15, 0.2) is 0 Å². The molecule has 1 fully saturated rings. The van der Waals surface area contributed by atoms with Gasteiger partial charge >= 0.3 is 11.9 Å². The number of rotatable bonds is 10. The van der Waals surface area contributed by atoms with Crippen LogP contribution < -0.4 is 16.4 Å². The van der Waals surface area contributed by atoms with E-state index in [-0.39, 0.29) is 25.1 Å². The molecule has 1 heterocycles. The Hall–Kier alpha value is -3.67. The third kappa shape index (κ3) is 7.17. The van der Waals surface area contributed by atoms with E-state index in [1.807, 2.05) is 0 Å². The Morgan fingerprint density at radius 1 is 1.06 bits per heavy atom. The van der Waals surface area contributed by atoms with Crippen molar-refractivity contribution in [3.63, 3.8) is 0 Å². The first-order valence-electron chi connectivity index (χ1n) is 10.4. The lowest BCUT2D eigenvalue weighted by Gasteiger charge is -2.28. The highest BCUT2D eigenvalue weighted by molar-refractivity contribution is 5.95. The molecule has 1 saturated heterocycles. The monoisotopic (exact) mass is 464 g/mol. The molecule has 1 aliphatic rings. The van der Waals surface area contributed by atoms with E-state index in [1.165, 1.54) is 31.2 Å². The fourth-order valence-corrected chi connectivity index (χ4v) is 3.51. The first-order valence-corrected chi connectivity index (χ1v) is 10.4. The van der Waals surface area contributed by atoms with Crippen LogP contribution in [0.2, 0.25) is 0 Å². The Morgan fingerprint density at radius 2 is 1.67 bits per heavy atom. The fraction of sp³-hybridized carbons (Fsp3) is 0.476. The second-order valence-corrected chi connectivity index (χ2v) is 7.91. The van der Waals surface area contributed by atoms with Crippen LogP contribution in [-0.4, -0.2) is 80.6 Å². The van der Waals surface area contributed by atoms with Crippen molar-refractivity contribution < 1.29 is 39.3 Å². The number of aromatic hydroxyl groups is 1. The van der Waals surface area contributed by atoms with Crippen molar-refractivity contribution >= 4 is 29.7 Å². The molecule has 180 valence electrons. The number of benzene rings is 1. The number of phenolic OH excluding ortho intramolecular Hbond substituents is 1. The SMILES string of the molecule is CC(N)C(=O)NC(Cc1ccc(O)cc1)C(=O)NC(CC(=O)O)C(=O)N1CCCC1C(=O)O. The number of carboxylic acids is 2. The molecule has 4 unspecified atom stereocenters.